The number of sulfonamides is 1. The number of aromatic nitrogens is 1. The molecule has 1 aromatic heterocycles. The van der Waals surface area contributed by atoms with Crippen molar-refractivity contribution in [3.8, 4) is 11.4 Å². The maximum absolute atomic E-state index is 12.5. The SMILES string of the molecule is COc1ccc(NC(=O)c2cccc(-n3cccc3)c2)cc1S(N)(=O)=O. The lowest BCUT2D eigenvalue weighted by Gasteiger charge is -2.11. The largest absolute Gasteiger partial charge is 0.495 e. The minimum absolute atomic E-state index is 0.111. The Bertz CT molecular complexity index is 1040. The second-order valence-electron chi connectivity index (χ2n) is 5.51. The van der Waals surface area contributed by atoms with Gasteiger partial charge in [0, 0.05) is 29.3 Å². The zero-order chi connectivity index (χ0) is 18.7. The molecule has 3 N–H and O–H groups in total. The molecule has 2 aromatic carbocycles. The van der Waals surface area contributed by atoms with E-state index in [9.17, 15) is 13.2 Å². The Balaban J connectivity index is 1.88. The highest BCUT2D eigenvalue weighted by atomic mass is 32.2. The van der Waals surface area contributed by atoms with Crippen LogP contribution in [-0.2, 0) is 10.0 Å². The molecule has 0 aliphatic rings. The van der Waals surface area contributed by atoms with Crippen molar-refractivity contribution in [2.75, 3.05) is 12.4 Å². The molecule has 0 saturated carbocycles. The first-order valence-electron chi connectivity index (χ1n) is 7.64. The van der Waals surface area contributed by atoms with Crippen LogP contribution < -0.4 is 15.2 Å². The van der Waals surface area contributed by atoms with Gasteiger partial charge in [-0.1, -0.05) is 6.07 Å². The number of amides is 1. The van der Waals surface area contributed by atoms with Gasteiger partial charge >= 0.3 is 0 Å². The summed E-state index contributed by atoms with van der Waals surface area (Å²) in [6.45, 7) is 0. The van der Waals surface area contributed by atoms with E-state index in [0.717, 1.165) is 5.69 Å². The van der Waals surface area contributed by atoms with Crippen LogP contribution in [0.3, 0.4) is 0 Å². The maximum Gasteiger partial charge on any atom is 0.255 e. The van der Waals surface area contributed by atoms with Gasteiger partial charge < -0.3 is 14.6 Å². The van der Waals surface area contributed by atoms with E-state index in [-0.39, 0.29) is 16.6 Å². The fourth-order valence-electron chi connectivity index (χ4n) is 2.49. The molecule has 3 rings (SSSR count). The Kier molecular flexibility index (Phi) is 4.79. The highest BCUT2D eigenvalue weighted by Crippen LogP contribution is 2.26. The predicted octanol–water partition coefficient (Wildman–Crippen LogP) is 2.39. The van der Waals surface area contributed by atoms with Gasteiger partial charge in [0.05, 0.1) is 7.11 Å². The van der Waals surface area contributed by atoms with Crippen LogP contribution in [0.4, 0.5) is 5.69 Å². The summed E-state index contributed by atoms with van der Waals surface area (Å²) in [4.78, 5) is 12.3. The molecule has 0 spiro atoms. The summed E-state index contributed by atoms with van der Waals surface area (Å²) in [6.07, 6.45) is 3.75. The summed E-state index contributed by atoms with van der Waals surface area (Å²) in [5.74, 6) is -0.260. The molecule has 0 bridgehead atoms. The third-order valence-corrected chi connectivity index (χ3v) is 4.67. The molecule has 0 aliphatic carbocycles. The predicted molar refractivity (Wildman–Crippen MR) is 98.1 cm³/mol. The lowest BCUT2D eigenvalue weighted by atomic mass is 10.2. The van der Waals surface area contributed by atoms with Crippen LogP contribution in [0.1, 0.15) is 10.4 Å². The average molecular weight is 371 g/mol. The number of carbonyl (C=O) groups is 1. The molecule has 1 heterocycles. The fraction of sp³-hybridized carbons (Fsp3) is 0.0556. The highest BCUT2D eigenvalue weighted by molar-refractivity contribution is 7.89. The Labute approximate surface area is 151 Å². The topological polar surface area (TPSA) is 103 Å². The van der Waals surface area contributed by atoms with Gasteiger partial charge in [-0.15, -0.1) is 0 Å². The van der Waals surface area contributed by atoms with Crippen LogP contribution in [0.5, 0.6) is 5.75 Å². The Morgan fingerprint density at radius 3 is 2.46 bits per heavy atom. The Morgan fingerprint density at radius 2 is 1.81 bits per heavy atom. The van der Waals surface area contributed by atoms with Gasteiger partial charge in [-0.2, -0.15) is 0 Å². The van der Waals surface area contributed by atoms with E-state index in [1.165, 1.54) is 19.2 Å². The highest BCUT2D eigenvalue weighted by Gasteiger charge is 2.17. The van der Waals surface area contributed by atoms with Gasteiger partial charge in [0.25, 0.3) is 5.91 Å². The van der Waals surface area contributed by atoms with E-state index in [4.69, 9.17) is 9.88 Å². The number of benzene rings is 2. The summed E-state index contributed by atoms with van der Waals surface area (Å²) in [7, 11) is -2.64. The molecule has 0 unspecified atom stereocenters. The number of carbonyl (C=O) groups excluding carboxylic acids is 1. The molecule has 0 atom stereocenters. The molecule has 7 nitrogen and oxygen atoms in total. The molecule has 26 heavy (non-hydrogen) atoms. The van der Waals surface area contributed by atoms with E-state index in [2.05, 4.69) is 5.32 Å². The number of hydrogen-bond acceptors (Lipinski definition) is 4. The molecule has 1 amide bonds. The lowest BCUT2D eigenvalue weighted by Crippen LogP contribution is -2.16. The first-order valence-corrected chi connectivity index (χ1v) is 9.19. The molecule has 0 fully saturated rings. The molecule has 8 heteroatoms. The van der Waals surface area contributed by atoms with Crippen molar-refractivity contribution in [3.05, 3.63) is 72.6 Å². The van der Waals surface area contributed by atoms with E-state index >= 15 is 0 Å². The van der Waals surface area contributed by atoms with Crippen LogP contribution in [0.15, 0.2) is 71.9 Å². The zero-order valence-corrected chi connectivity index (χ0v) is 14.7. The number of hydrogen-bond donors (Lipinski definition) is 2. The smallest absolute Gasteiger partial charge is 0.255 e. The monoisotopic (exact) mass is 371 g/mol. The second-order valence-corrected chi connectivity index (χ2v) is 7.04. The van der Waals surface area contributed by atoms with E-state index in [0.29, 0.717) is 11.3 Å². The number of nitrogens with zero attached hydrogens (tertiary/aromatic N) is 1. The normalized spacial score (nSPS) is 11.2. The van der Waals surface area contributed by atoms with Crippen molar-refractivity contribution in [2.24, 2.45) is 5.14 Å². The van der Waals surface area contributed by atoms with E-state index < -0.39 is 10.0 Å². The minimum Gasteiger partial charge on any atom is -0.495 e. The maximum atomic E-state index is 12.5. The van der Waals surface area contributed by atoms with Gasteiger partial charge in [-0.05, 0) is 48.5 Å². The van der Waals surface area contributed by atoms with Crippen LogP contribution in [0.2, 0.25) is 0 Å². The second kappa shape index (κ2) is 7.03. The first-order chi connectivity index (χ1) is 12.4. The van der Waals surface area contributed by atoms with Gasteiger partial charge in [-0.3, -0.25) is 4.79 Å². The van der Waals surface area contributed by atoms with E-state index in [1.54, 1.807) is 24.3 Å². The summed E-state index contributed by atoms with van der Waals surface area (Å²) < 4.78 is 30.2. The third-order valence-electron chi connectivity index (χ3n) is 3.74. The van der Waals surface area contributed by atoms with Crippen LogP contribution in [-0.4, -0.2) is 26.0 Å². The van der Waals surface area contributed by atoms with Crippen LogP contribution in [0.25, 0.3) is 5.69 Å². The van der Waals surface area contributed by atoms with Crippen molar-refractivity contribution in [1.82, 2.24) is 4.57 Å². The van der Waals surface area contributed by atoms with Crippen molar-refractivity contribution >= 4 is 21.6 Å². The zero-order valence-electron chi connectivity index (χ0n) is 13.9. The quantitative estimate of drug-likeness (QED) is 0.718. The van der Waals surface area contributed by atoms with Gasteiger partial charge in [0.1, 0.15) is 10.6 Å². The summed E-state index contributed by atoms with van der Waals surface area (Å²) >= 11 is 0. The fourth-order valence-corrected chi connectivity index (χ4v) is 3.22. The number of methoxy groups -OCH3 is 1. The van der Waals surface area contributed by atoms with Crippen LogP contribution >= 0.6 is 0 Å². The molecule has 134 valence electrons. The van der Waals surface area contributed by atoms with Crippen molar-refractivity contribution in [3.63, 3.8) is 0 Å². The minimum atomic E-state index is -3.98. The molecule has 0 radical (unpaired) electrons. The lowest BCUT2D eigenvalue weighted by molar-refractivity contribution is 0.102. The van der Waals surface area contributed by atoms with E-state index in [1.807, 2.05) is 35.2 Å². The van der Waals surface area contributed by atoms with Crippen molar-refractivity contribution < 1.29 is 17.9 Å². The summed E-state index contributed by atoms with van der Waals surface area (Å²) in [6, 6.07) is 15.1. The molecule has 0 saturated heterocycles. The summed E-state index contributed by atoms with van der Waals surface area (Å²) in [5, 5.41) is 7.87. The van der Waals surface area contributed by atoms with Gasteiger partial charge in [0.15, 0.2) is 0 Å². The van der Waals surface area contributed by atoms with Gasteiger partial charge in [-0.25, -0.2) is 13.6 Å². The average Bonchev–Trinajstić information content (AvgIpc) is 3.16. The first kappa shape index (κ1) is 17.7. The number of primary sulfonamides is 1. The number of ether oxygens (including phenoxy) is 1. The third kappa shape index (κ3) is 3.76. The van der Waals surface area contributed by atoms with Crippen LogP contribution in [0, 0.1) is 0 Å². The number of nitrogens with two attached hydrogens (primary N) is 1. The number of rotatable bonds is 5. The Morgan fingerprint density at radius 1 is 1.08 bits per heavy atom. The molecular formula is C18H17N3O4S. The van der Waals surface area contributed by atoms with Gasteiger partial charge in [0.2, 0.25) is 10.0 Å². The number of anilines is 1. The molecule has 0 aliphatic heterocycles. The van der Waals surface area contributed by atoms with Crippen molar-refractivity contribution in [2.45, 2.75) is 4.90 Å². The number of nitrogens with one attached hydrogen (secondary N) is 1. The molecular weight excluding hydrogens is 354 g/mol. The molecule has 3 aromatic rings. The standard InChI is InChI=1S/C18H17N3O4S/c1-25-16-8-7-14(12-17(16)26(19,23)24)20-18(22)13-5-4-6-15(11-13)21-9-2-3-10-21/h2-12H,1H3,(H,20,22)(H2,19,23,24). The van der Waals surface area contributed by atoms with Crippen molar-refractivity contribution in [1.29, 1.82) is 0 Å². The Hall–Kier alpha value is -3.10. The summed E-state index contributed by atoms with van der Waals surface area (Å²) in [5.41, 5.74) is 1.57.